The lowest BCUT2D eigenvalue weighted by atomic mass is 10.2. The van der Waals surface area contributed by atoms with Crippen LogP contribution in [0.1, 0.15) is 11.3 Å². The third-order valence-corrected chi connectivity index (χ3v) is 3.05. The van der Waals surface area contributed by atoms with Crippen molar-refractivity contribution in [1.29, 1.82) is 0 Å². The molecule has 6 nitrogen and oxygen atoms in total. The van der Waals surface area contributed by atoms with Gasteiger partial charge in [0.25, 0.3) is 0 Å². The van der Waals surface area contributed by atoms with Crippen LogP contribution in [0, 0.1) is 10.1 Å². The van der Waals surface area contributed by atoms with Crippen LogP contribution in [0.3, 0.4) is 0 Å². The summed E-state index contributed by atoms with van der Waals surface area (Å²) in [5.74, 6) is 0.275. The molecule has 0 saturated carbocycles. The van der Waals surface area contributed by atoms with Crippen molar-refractivity contribution in [2.24, 2.45) is 0 Å². The third kappa shape index (κ3) is 4.25. The number of methoxy groups -OCH3 is 1. The summed E-state index contributed by atoms with van der Waals surface area (Å²) in [5.41, 5.74) is 1.86. The van der Waals surface area contributed by atoms with Crippen LogP contribution < -0.4 is 10.1 Å². The minimum absolute atomic E-state index is 0.0125. The Balaban J connectivity index is 1.88. The minimum atomic E-state index is -0.434. The van der Waals surface area contributed by atoms with Crippen molar-refractivity contribution in [2.75, 3.05) is 13.7 Å². The van der Waals surface area contributed by atoms with Crippen molar-refractivity contribution in [3.63, 3.8) is 0 Å². The highest BCUT2D eigenvalue weighted by molar-refractivity contribution is 5.48. The van der Waals surface area contributed by atoms with Gasteiger partial charge in [-0.25, -0.2) is 0 Å². The fourth-order valence-electron chi connectivity index (χ4n) is 1.98. The summed E-state index contributed by atoms with van der Waals surface area (Å²) in [5, 5.41) is 14.2. The predicted octanol–water partition coefficient (Wildman–Crippen LogP) is 2.33. The lowest BCUT2D eigenvalue weighted by Crippen LogP contribution is -2.17. The predicted molar refractivity (Wildman–Crippen MR) is 79.3 cm³/mol. The zero-order valence-electron chi connectivity index (χ0n) is 11.8. The second-order valence-corrected chi connectivity index (χ2v) is 4.51. The van der Waals surface area contributed by atoms with Crippen molar-refractivity contribution in [2.45, 2.75) is 13.0 Å². The second kappa shape index (κ2) is 7.35. The lowest BCUT2D eigenvalue weighted by Gasteiger charge is -2.07. The zero-order valence-corrected chi connectivity index (χ0v) is 11.8. The molecule has 6 heteroatoms. The van der Waals surface area contributed by atoms with Crippen LogP contribution in [0.15, 0.2) is 42.6 Å². The largest absolute Gasteiger partial charge is 0.490 e. The molecule has 0 atom stereocenters. The van der Waals surface area contributed by atoms with Crippen LogP contribution in [-0.2, 0) is 13.0 Å². The van der Waals surface area contributed by atoms with Gasteiger partial charge in [0.1, 0.15) is 0 Å². The topological polar surface area (TPSA) is 77.3 Å². The molecule has 110 valence electrons. The number of benzene rings is 1. The van der Waals surface area contributed by atoms with Gasteiger partial charge < -0.3 is 10.1 Å². The van der Waals surface area contributed by atoms with E-state index in [0.717, 1.165) is 24.2 Å². The first-order valence-corrected chi connectivity index (χ1v) is 6.62. The average molecular weight is 287 g/mol. The van der Waals surface area contributed by atoms with Gasteiger partial charge in [-0.15, -0.1) is 0 Å². The number of hydrogen-bond donors (Lipinski definition) is 1. The molecule has 0 unspecified atom stereocenters. The van der Waals surface area contributed by atoms with Gasteiger partial charge in [-0.05, 0) is 23.8 Å². The summed E-state index contributed by atoms with van der Waals surface area (Å²) < 4.78 is 4.97. The van der Waals surface area contributed by atoms with Crippen LogP contribution in [0.25, 0.3) is 0 Å². The number of nitrogens with one attached hydrogen (secondary N) is 1. The molecule has 0 fully saturated rings. The van der Waals surface area contributed by atoms with Gasteiger partial charge in [0.15, 0.2) is 5.75 Å². The summed E-state index contributed by atoms with van der Waals surface area (Å²) >= 11 is 0. The van der Waals surface area contributed by atoms with E-state index in [1.54, 1.807) is 12.3 Å². The molecule has 0 bridgehead atoms. The molecular formula is C15H17N3O3. The normalized spacial score (nSPS) is 10.3. The van der Waals surface area contributed by atoms with E-state index in [1.165, 1.54) is 13.2 Å². The van der Waals surface area contributed by atoms with Crippen LogP contribution in [0.2, 0.25) is 0 Å². The maximum absolute atomic E-state index is 10.9. The quantitative estimate of drug-likeness (QED) is 0.480. The Morgan fingerprint density at radius 3 is 2.86 bits per heavy atom. The molecule has 1 aromatic carbocycles. The highest BCUT2D eigenvalue weighted by Gasteiger charge is 2.14. The summed E-state index contributed by atoms with van der Waals surface area (Å²) in [6, 6.07) is 10.8. The molecular weight excluding hydrogens is 270 g/mol. The van der Waals surface area contributed by atoms with E-state index in [4.69, 9.17) is 4.74 Å². The van der Waals surface area contributed by atoms with Gasteiger partial charge in [0.05, 0.1) is 12.0 Å². The fourth-order valence-corrected chi connectivity index (χ4v) is 1.98. The summed E-state index contributed by atoms with van der Waals surface area (Å²) in [4.78, 5) is 14.7. The van der Waals surface area contributed by atoms with E-state index in [9.17, 15) is 10.1 Å². The Bertz CT molecular complexity index is 602. The SMILES string of the molecule is COc1ccc(CNCCc2ccccn2)cc1[N+](=O)[O-]. The van der Waals surface area contributed by atoms with E-state index < -0.39 is 4.92 Å². The molecule has 1 N–H and O–H groups in total. The van der Waals surface area contributed by atoms with Gasteiger partial charge >= 0.3 is 5.69 Å². The molecule has 0 radical (unpaired) electrons. The number of aromatic nitrogens is 1. The molecule has 0 aliphatic heterocycles. The van der Waals surface area contributed by atoms with Crippen molar-refractivity contribution >= 4 is 5.69 Å². The number of pyridine rings is 1. The second-order valence-electron chi connectivity index (χ2n) is 4.51. The summed E-state index contributed by atoms with van der Waals surface area (Å²) in [6.07, 6.45) is 2.58. The smallest absolute Gasteiger partial charge is 0.311 e. The fraction of sp³-hybridized carbons (Fsp3) is 0.267. The molecule has 0 amide bonds. The van der Waals surface area contributed by atoms with Gasteiger partial charge in [0, 0.05) is 37.5 Å². The zero-order chi connectivity index (χ0) is 15.1. The average Bonchev–Trinajstić information content (AvgIpc) is 2.52. The monoisotopic (exact) mass is 287 g/mol. The molecule has 1 heterocycles. The van der Waals surface area contributed by atoms with Gasteiger partial charge in [-0.2, -0.15) is 0 Å². The standard InChI is InChI=1S/C15H17N3O3/c1-21-15-6-5-12(10-14(15)18(19)20)11-16-9-7-13-4-2-3-8-17-13/h2-6,8,10,16H,7,9,11H2,1H3. The maximum atomic E-state index is 10.9. The molecule has 2 rings (SSSR count). The third-order valence-electron chi connectivity index (χ3n) is 3.05. The molecule has 0 aliphatic carbocycles. The van der Waals surface area contributed by atoms with Crippen molar-refractivity contribution < 1.29 is 9.66 Å². The van der Waals surface area contributed by atoms with Crippen molar-refractivity contribution in [3.8, 4) is 5.75 Å². The number of hydrogen-bond acceptors (Lipinski definition) is 5. The van der Waals surface area contributed by atoms with Gasteiger partial charge in [-0.3, -0.25) is 15.1 Å². The van der Waals surface area contributed by atoms with E-state index in [-0.39, 0.29) is 11.4 Å². The first-order chi connectivity index (χ1) is 10.2. The van der Waals surface area contributed by atoms with Crippen molar-refractivity contribution in [1.82, 2.24) is 10.3 Å². The molecule has 0 saturated heterocycles. The molecule has 0 aliphatic rings. The first kappa shape index (κ1) is 14.9. The molecule has 21 heavy (non-hydrogen) atoms. The number of ether oxygens (including phenoxy) is 1. The molecule has 0 spiro atoms. The van der Waals surface area contributed by atoms with Gasteiger partial charge in [-0.1, -0.05) is 12.1 Å². The Morgan fingerprint density at radius 2 is 2.19 bits per heavy atom. The summed E-state index contributed by atoms with van der Waals surface area (Å²) in [6.45, 7) is 1.33. The maximum Gasteiger partial charge on any atom is 0.311 e. The van der Waals surface area contributed by atoms with Crippen LogP contribution in [-0.4, -0.2) is 23.6 Å². The van der Waals surface area contributed by atoms with Crippen molar-refractivity contribution in [3.05, 3.63) is 64.0 Å². The number of rotatable bonds is 7. The molecule has 2 aromatic rings. The van der Waals surface area contributed by atoms with Gasteiger partial charge in [0.2, 0.25) is 0 Å². The Morgan fingerprint density at radius 1 is 1.33 bits per heavy atom. The number of nitrogens with zero attached hydrogens (tertiary/aromatic N) is 2. The van der Waals surface area contributed by atoms with E-state index in [2.05, 4.69) is 10.3 Å². The highest BCUT2D eigenvalue weighted by Crippen LogP contribution is 2.27. The Hall–Kier alpha value is -2.47. The summed E-state index contributed by atoms with van der Waals surface area (Å²) in [7, 11) is 1.42. The lowest BCUT2D eigenvalue weighted by molar-refractivity contribution is -0.385. The van der Waals surface area contributed by atoms with E-state index in [0.29, 0.717) is 6.54 Å². The first-order valence-electron chi connectivity index (χ1n) is 6.62. The van der Waals surface area contributed by atoms with Crippen LogP contribution in [0.4, 0.5) is 5.69 Å². The molecule has 1 aromatic heterocycles. The highest BCUT2D eigenvalue weighted by atomic mass is 16.6. The Kier molecular flexibility index (Phi) is 5.22. The number of nitro groups is 1. The van der Waals surface area contributed by atoms with Crippen LogP contribution >= 0.6 is 0 Å². The van der Waals surface area contributed by atoms with E-state index in [1.807, 2.05) is 24.3 Å². The Labute approximate surface area is 122 Å². The van der Waals surface area contributed by atoms with E-state index >= 15 is 0 Å². The minimum Gasteiger partial charge on any atom is -0.490 e. The van der Waals surface area contributed by atoms with Crippen LogP contribution in [0.5, 0.6) is 5.75 Å². The number of nitro benzene ring substituents is 1.